The molecule has 0 saturated heterocycles. The Kier molecular flexibility index (Phi) is 5.44. The van der Waals surface area contributed by atoms with Crippen molar-refractivity contribution in [3.8, 4) is 0 Å². The van der Waals surface area contributed by atoms with E-state index < -0.39 is 11.0 Å². The third kappa shape index (κ3) is 4.55. The van der Waals surface area contributed by atoms with Crippen LogP contribution in [0.3, 0.4) is 0 Å². The zero-order chi connectivity index (χ0) is 14.5. The number of nitrogens with one attached hydrogen (secondary N) is 1. The van der Waals surface area contributed by atoms with Crippen molar-refractivity contribution in [2.45, 2.75) is 31.8 Å². The van der Waals surface area contributed by atoms with Gasteiger partial charge in [0.2, 0.25) is 5.91 Å². The van der Waals surface area contributed by atoms with Gasteiger partial charge in [-0.1, -0.05) is 30.3 Å². The second-order valence-electron chi connectivity index (χ2n) is 5.60. The molecule has 3 nitrogen and oxygen atoms in total. The highest BCUT2D eigenvalue weighted by Crippen LogP contribution is 2.23. The Morgan fingerprint density at radius 2 is 1.84 bits per heavy atom. The molecule has 1 aromatic rings. The Bertz CT molecular complexity index is 415. The summed E-state index contributed by atoms with van der Waals surface area (Å²) in [5.74, 6) is 0.527. The molecule has 0 fully saturated rings. The monoisotopic (exact) mass is 281 g/mol. The Hall–Kier alpha value is -1.00. The summed E-state index contributed by atoms with van der Waals surface area (Å²) < 4.78 is 0. The minimum absolute atomic E-state index is 0.0694. The van der Waals surface area contributed by atoms with E-state index in [0.29, 0.717) is 5.75 Å². The van der Waals surface area contributed by atoms with Crippen LogP contribution in [0.5, 0.6) is 0 Å². The number of thioether (sulfide) groups is 1. The lowest BCUT2D eigenvalue weighted by atomic mass is 9.83. The first-order valence-electron chi connectivity index (χ1n) is 6.35. The molecule has 0 aliphatic heterocycles. The fourth-order valence-corrected chi connectivity index (χ4v) is 2.56. The Morgan fingerprint density at radius 1 is 1.26 bits per heavy atom. The summed E-state index contributed by atoms with van der Waals surface area (Å²) in [4.78, 5) is 12.3. The van der Waals surface area contributed by atoms with Crippen LogP contribution < -0.4 is 5.32 Å². The summed E-state index contributed by atoms with van der Waals surface area (Å²) in [5.41, 5.74) is -0.504. The van der Waals surface area contributed by atoms with Gasteiger partial charge in [-0.05, 0) is 32.6 Å². The van der Waals surface area contributed by atoms with Gasteiger partial charge in [0.15, 0.2) is 0 Å². The predicted molar refractivity (Wildman–Crippen MR) is 81.5 cm³/mol. The van der Waals surface area contributed by atoms with E-state index in [1.54, 1.807) is 18.7 Å². The highest BCUT2D eigenvalue weighted by molar-refractivity contribution is 7.98. The first kappa shape index (κ1) is 16.1. The van der Waals surface area contributed by atoms with Gasteiger partial charge in [-0.2, -0.15) is 11.8 Å². The molecule has 1 rings (SSSR count). The van der Waals surface area contributed by atoms with Gasteiger partial charge in [0.1, 0.15) is 0 Å². The Morgan fingerprint density at radius 3 is 2.37 bits per heavy atom. The molecule has 0 radical (unpaired) electrons. The lowest BCUT2D eigenvalue weighted by Gasteiger charge is -2.28. The third-order valence-corrected chi connectivity index (χ3v) is 4.06. The smallest absolute Gasteiger partial charge is 0.230 e. The van der Waals surface area contributed by atoms with E-state index in [1.165, 1.54) is 0 Å². The van der Waals surface area contributed by atoms with Gasteiger partial charge in [0.05, 0.1) is 11.0 Å². The quantitative estimate of drug-likeness (QED) is 0.840. The van der Waals surface area contributed by atoms with Crippen molar-refractivity contribution in [1.29, 1.82) is 0 Å². The van der Waals surface area contributed by atoms with Gasteiger partial charge in [-0.3, -0.25) is 4.79 Å². The highest BCUT2D eigenvalue weighted by Gasteiger charge is 2.31. The van der Waals surface area contributed by atoms with E-state index in [9.17, 15) is 9.90 Å². The van der Waals surface area contributed by atoms with Gasteiger partial charge in [-0.25, -0.2) is 0 Å². The van der Waals surface area contributed by atoms with Crippen molar-refractivity contribution in [1.82, 2.24) is 5.32 Å². The average molecular weight is 281 g/mol. The number of amides is 1. The summed E-state index contributed by atoms with van der Waals surface area (Å²) in [7, 11) is 0. The first-order chi connectivity index (χ1) is 8.79. The van der Waals surface area contributed by atoms with Crippen molar-refractivity contribution in [2.24, 2.45) is 0 Å². The highest BCUT2D eigenvalue weighted by atomic mass is 32.2. The third-order valence-electron chi connectivity index (χ3n) is 3.15. The molecule has 0 saturated carbocycles. The summed E-state index contributed by atoms with van der Waals surface area (Å²) in [6.07, 6.45) is 1.93. The maximum absolute atomic E-state index is 12.3. The van der Waals surface area contributed by atoms with Gasteiger partial charge >= 0.3 is 0 Å². The van der Waals surface area contributed by atoms with Crippen molar-refractivity contribution in [2.75, 3.05) is 18.6 Å². The molecule has 19 heavy (non-hydrogen) atoms. The molecular weight excluding hydrogens is 258 g/mol. The van der Waals surface area contributed by atoms with Crippen molar-refractivity contribution >= 4 is 17.7 Å². The molecular formula is C15H23NO2S. The van der Waals surface area contributed by atoms with Gasteiger partial charge < -0.3 is 10.4 Å². The van der Waals surface area contributed by atoms with E-state index in [1.807, 2.05) is 50.4 Å². The second-order valence-corrected chi connectivity index (χ2v) is 6.47. The maximum Gasteiger partial charge on any atom is 0.230 e. The number of benzene rings is 1. The number of hydrogen-bond acceptors (Lipinski definition) is 3. The van der Waals surface area contributed by atoms with Crippen LogP contribution in [0.2, 0.25) is 0 Å². The molecule has 4 heteroatoms. The summed E-state index contributed by atoms with van der Waals surface area (Å²) in [6.45, 7) is 5.78. The van der Waals surface area contributed by atoms with Gasteiger partial charge in [0.25, 0.3) is 0 Å². The van der Waals surface area contributed by atoms with E-state index >= 15 is 0 Å². The number of rotatable bonds is 6. The lowest BCUT2D eigenvalue weighted by molar-refractivity contribution is -0.126. The van der Waals surface area contributed by atoms with Gasteiger partial charge in [0, 0.05) is 12.3 Å². The van der Waals surface area contributed by atoms with Crippen molar-refractivity contribution < 1.29 is 9.90 Å². The second kappa shape index (κ2) is 6.44. The van der Waals surface area contributed by atoms with E-state index in [-0.39, 0.29) is 12.5 Å². The van der Waals surface area contributed by atoms with E-state index in [2.05, 4.69) is 5.32 Å². The minimum atomic E-state index is -0.873. The molecule has 0 heterocycles. The largest absolute Gasteiger partial charge is 0.387 e. The molecule has 2 N–H and O–H groups in total. The van der Waals surface area contributed by atoms with Crippen molar-refractivity contribution in [3.05, 3.63) is 35.9 Å². The SMILES string of the molecule is CSCC(C)(O)CNC(=O)C(C)(C)c1ccccc1. The fourth-order valence-electron chi connectivity index (χ4n) is 1.84. The predicted octanol–water partition coefficient (Wildman–Crippen LogP) is 2.19. The van der Waals surface area contributed by atoms with Crippen LogP contribution in [0.25, 0.3) is 0 Å². The van der Waals surface area contributed by atoms with E-state index in [4.69, 9.17) is 0 Å². The molecule has 106 valence electrons. The summed E-state index contributed by atoms with van der Waals surface area (Å²) in [5, 5.41) is 12.9. The molecule has 1 amide bonds. The maximum atomic E-state index is 12.3. The minimum Gasteiger partial charge on any atom is -0.387 e. The molecule has 0 aliphatic rings. The number of carbonyl (C=O) groups excluding carboxylic acids is 1. The molecule has 1 aromatic carbocycles. The lowest BCUT2D eigenvalue weighted by Crippen LogP contribution is -2.48. The molecule has 0 bridgehead atoms. The first-order valence-corrected chi connectivity index (χ1v) is 7.74. The van der Waals surface area contributed by atoms with Crippen molar-refractivity contribution in [3.63, 3.8) is 0 Å². The van der Waals surface area contributed by atoms with Crippen LogP contribution in [-0.2, 0) is 10.2 Å². The number of carbonyl (C=O) groups is 1. The number of hydrogen-bond donors (Lipinski definition) is 2. The molecule has 1 unspecified atom stereocenters. The molecule has 0 aliphatic carbocycles. The van der Waals surface area contributed by atoms with E-state index in [0.717, 1.165) is 5.56 Å². The average Bonchev–Trinajstić information content (AvgIpc) is 2.37. The normalized spacial score (nSPS) is 14.8. The van der Waals surface area contributed by atoms with Crippen LogP contribution in [-0.4, -0.2) is 35.2 Å². The zero-order valence-electron chi connectivity index (χ0n) is 12.1. The van der Waals surface area contributed by atoms with Crippen LogP contribution in [0.15, 0.2) is 30.3 Å². The zero-order valence-corrected chi connectivity index (χ0v) is 12.9. The molecule has 1 atom stereocenters. The Balaban J connectivity index is 2.68. The molecule has 0 aromatic heterocycles. The van der Waals surface area contributed by atoms with Crippen LogP contribution in [0.1, 0.15) is 26.3 Å². The topological polar surface area (TPSA) is 49.3 Å². The number of aliphatic hydroxyl groups is 1. The molecule has 0 spiro atoms. The summed E-state index contributed by atoms with van der Waals surface area (Å²) in [6, 6.07) is 9.67. The Labute approximate surface area is 119 Å². The summed E-state index contributed by atoms with van der Waals surface area (Å²) >= 11 is 1.56. The van der Waals surface area contributed by atoms with Crippen LogP contribution in [0, 0.1) is 0 Å². The van der Waals surface area contributed by atoms with Crippen LogP contribution in [0.4, 0.5) is 0 Å². The van der Waals surface area contributed by atoms with Gasteiger partial charge in [-0.15, -0.1) is 0 Å². The van der Waals surface area contributed by atoms with Crippen LogP contribution >= 0.6 is 11.8 Å². The fraction of sp³-hybridized carbons (Fsp3) is 0.533. The standard InChI is InChI=1S/C15H23NO2S/c1-14(2,12-8-6-5-7-9-12)13(17)16-10-15(3,18)11-19-4/h5-9,18H,10-11H2,1-4H3,(H,16,17).